The highest BCUT2D eigenvalue weighted by atomic mass is 32.1. The van der Waals surface area contributed by atoms with Crippen LogP contribution in [0.4, 0.5) is 17.1 Å². The molecule has 0 aliphatic heterocycles. The van der Waals surface area contributed by atoms with E-state index in [-0.39, 0.29) is 0 Å². The summed E-state index contributed by atoms with van der Waals surface area (Å²) in [6, 6.07) is 54.3. The molecule has 0 N–H and O–H groups in total. The topological polar surface area (TPSA) is 16.1 Å². The molecule has 0 aliphatic rings. The van der Waals surface area contributed by atoms with Gasteiger partial charge in [0, 0.05) is 48.8 Å². The SMILES string of the molecule is c1ccc(-c2ccc(N(c3ccc(-c4ccccc4)cc3)c3ccc4sc5c6cccnc6ccc5c4c3)cc2)cc1. The van der Waals surface area contributed by atoms with Crippen molar-refractivity contribution in [3.05, 3.63) is 158 Å². The van der Waals surface area contributed by atoms with Crippen LogP contribution < -0.4 is 4.90 Å². The van der Waals surface area contributed by atoms with Gasteiger partial charge in [-0.3, -0.25) is 4.98 Å². The van der Waals surface area contributed by atoms with Crippen LogP contribution in [0.25, 0.3) is 53.3 Å². The van der Waals surface area contributed by atoms with E-state index < -0.39 is 0 Å². The molecule has 0 saturated heterocycles. The molecule has 0 spiro atoms. The summed E-state index contributed by atoms with van der Waals surface area (Å²) in [5.74, 6) is 0. The van der Waals surface area contributed by atoms with Crippen LogP contribution in [0.2, 0.25) is 0 Å². The lowest BCUT2D eigenvalue weighted by molar-refractivity contribution is 1.29. The molecule has 42 heavy (non-hydrogen) atoms. The van der Waals surface area contributed by atoms with Crippen molar-refractivity contribution in [1.82, 2.24) is 4.98 Å². The van der Waals surface area contributed by atoms with Crippen LogP contribution in [0.3, 0.4) is 0 Å². The Morgan fingerprint density at radius 3 is 1.62 bits per heavy atom. The van der Waals surface area contributed by atoms with Crippen LogP contribution in [0, 0.1) is 0 Å². The Morgan fingerprint density at radius 1 is 0.429 bits per heavy atom. The zero-order valence-electron chi connectivity index (χ0n) is 22.8. The number of nitrogens with zero attached hydrogens (tertiary/aromatic N) is 2. The lowest BCUT2D eigenvalue weighted by Gasteiger charge is -2.26. The minimum absolute atomic E-state index is 1.04. The maximum atomic E-state index is 4.58. The van der Waals surface area contributed by atoms with Crippen LogP contribution >= 0.6 is 11.3 Å². The molecule has 0 saturated carbocycles. The predicted octanol–water partition coefficient (Wildman–Crippen LogP) is 11.4. The number of thiophene rings is 1. The van der Waals surface area contributed by atoms with Crippen molar-refractivity contribution in [2.75, 3.05) is 4.90 Å². The molecule has 2 nitrogen and oxygen atoms in total. The first-order chi connectivity index (χ1) is 20.8. The Morgan fingerprint density at radius 2 is 1.00 bits per heavy atom. The molecule has 0 fully saturated rings. The van der Waals surface area contributed by atoms with Gasteiger partial charge >= 0.3 is 0 Å². The van der Waals surface area contributed by atoms with Crippen molar-refractivity contribution < 1.29 is 0 Å². The fraction of sp³-hybridized carbons (Fsp3) is 0. The van der Waals surface area contributed by atoms with E-state index >= 15 is 0 Å². The molecule has 0 unspecified atom stereocenters. The molecular formula is C39H26N2S. The summed E-state index contributed by atoms with van der Waals surface area (Å²) in [7, 11) is 0. The van der Waals surface area contributed by atoms with E-state index in [1.54, 1.807) is 0 Å². The fourth-order valence-electron chi connectivity index (χ4n) is 5.83. The third kappa shape index (κ3) is 4.32. The van der Waals surface area contributed by atoms with Gasteiger partial charge in [-0.1, -0.05) is 91.0 Å². The molecule has 0 bridgehead atoms. The van der Waals surface area contributed by atoms with Gasteiger partial charge in [-0.2, -0.15) is 0 Å². The highest BCUT2D eigenvalue weighted by Crippen LogP contribution is 2.43. The van der Waals surface area contributed by atoms with Gasteiger partial charge in [0.05, 0.1) is 5.52 Å². The van der Waals surface area contributed by atoms with Crippen LogP contribution in [0.1, 0.15) is 0 Å². The number of anilines is 3. The zero-order valence-corrected chi connectivity index (χ0v) is 23.6. The highest BCUT2D eigenvalue weighted by molar-refractivity contribution is 7.26. The summed E-state index contributed by atoms with van der Waals surface area (Å²) in [4.78, 5) is 6.94. The van der Waals surface area contributed by atoms with Gasteiger partial charge in [0.2, 0.25) is 0 Å². The number of fused-ring (bicyclic) bond motifs is 5. The van der Waals surface area contributed by atoms with Crippen molar-refractivity contribution in [2.24, 2.45) is 0 Å². The zero-order chi connectivity index (χ0) is 27.9. The number of hydrogen-bond acceptors (Lipinski definition) is 3. The minimum Gasteiger partial charge on any atom is -0.310 e. The first-order valence-electron chi connectivity index (χ1n) is 14.1. The monoisotopic (exact) mass is 554 g/mol. The van der Waals surface area contributed by atoms with Gasteiger partial charge in [-0.25, -0.2) is 0 Å². The Bertz CT molecular complexity index is 2080. The molecule has 0 radical (unpaired) electrons. The number of pyridine rings is 1. The second kappa shape index (κ2) is 10.3. The third-order valence-corrected chi connectivity index (χ3v) is 9.14. The molecule has 0 atom stereocenters. The van der Waals surface area contributed by atoms with Gasteiger partial charge in [0.1, 0.15) is 0 Å². The molecule has 3 heteroatoms. The summed E-state index contributed by atoms with van der Waals surface area (Å²) in [6.07, 6.45) is 1.86. The van der Waals surface area contributed by atoms with Crippen LogP contribution in [-0.2, 0) is 0 Å². The van der Waals surface area contributed by atoms with Gasteiger partial charge in [0.25, 0.3) is 0 Å². The Labute approximate surface area is 248 Å². The normalized spacial score (nSPS) is 11.3. The van der Waals surface area contributed by atoms with E-state index in [0.29, 0.717) is 0 Å². The minimum atomic E-state index is 1.04. The van der Waals surface area contributed by atoms with Crippen LogP contribution in [0.15, 0.2) is 158 Å². The molecule has 2 aromatic heterocycles. The third-order valence-electron chi connectivity index (χ3n) is 7.92. The van der Waals surface area contributed by atoms with Crippen molar-refractivity contribution in [1.29, 1.82) is 0 Å². The van der Waals surface area contributed by atoms with Crippen LogP contribution in [0.5, 0.6) is 0 Å². The van der Waals surface area contributed by atoms with Crippen LogP contribution in [-0.4, -0.2) is 4.98 Å². The average molecular weight is 555 g/mol. The smallest absolute Gasteiger partial charge is 0.0716 e. The van der Waals surface area contributed by atoms with E-state index in [4.69, 9.17) is 0 Å². The summed E-state index contributed by atoms with van der Waals surface area (Å²) < 4.78 is 2.57. The Hall–Kier alpha value is -5.25. The fourth-order valence-corrected chi connectivity index (χ4v) is 7.03. The van der Waals surface area contributed by atoms with E-state index in [0.717, 1.165) is 22.6 Å². The summed E-state index contributed by atoms with van der Waals surface area (Å²) in [5.41, 5.74) is 9.26. The summed E-state index contributed by atoms with van der Waals surface area (Å²) in [5, 5.41) is 3.75. The Balaban J connectivity index is 1.27. The lowest BCUT2D eigenvalue weighted by Crippen LogP contribution is -2.09. The van der Waals surface area contributed by atoms with Crippen molar-refractivity contribution in [3.8, 4) is 22.3 Å². The number of benzene rings is 6. The molecule has 2 heterocycles. The maximum Gasteiger partial charge on any atom is 0.0716 e. The largest absolute Gasteiger partial charge is 0.310 e. The highest BCUT2D eigenvalue weighted by Gasteiger charge is 2.16. The average Bonchev–Trinajstić information content (AvgIpc) is 3.45. The first kappa shape index (κ1) is 24.5. The molecule has 0 amide bonds. The second-order valence-corrected chi connectivity index (χ2v) is 11.5. The molecular weight excluding hydrogens is 529 g/mol. The summed E-state index contributed by atoms with van der Waals surface area (Å²) in [6.45, 7) is 0. The molecule has 8 rings (SSSR count). The van der Waals surface area contributed by atoms with E-state index in [1.165, 1.54) is 47.8 Å². The van der Waals surface area contributed by atoms with Crippen molar-refractivity contribution >= 4 is 59.5 Å². The van der Waals surface area contributed by atoms with Crippen molar-refractivity contribution in [2.45, 2.75) is 0 Å². The maximum absolute atomic E-state index is 4.58. The predicted molar refractivity (Wildman–Crippen MR) is 180 cm³/mol. The van der Waals surface area contributed by atoms with Gasteiger partial charge in [-0.15, -0.1) is 11.3 Å². The quantitative estimate of drug-likeness (QED) is 0.210. The Kier molecular flexibility index (Phi) is 6.02. The number of aromatic nitrogens is 1. The van der Waals surface area contributed by atoms with Gasteiger partial charge in [-0.05, 0) is 82.9 Å². The second-order valence-electron chi connectivity index (χ2n) is 10.5. The molecule has 198 valence electrons. The van der Waals surface area contributed by atoms with Gasteiger partial charge < -0.3 is 4.90 Å². The number of rotatable bonds is 5. The van der Waals surface area contributed by atoms with Crippen molar-refractivity contribution in [3.63, 3.8) is 0 Å². The first-order valence-corrected chi connectivity index (χ1v) is 14.9. The lowest BCUT2D eigenvalue weighted by atomic mass is 10.0. The van der Waals surface area contributed by atoms with Gasteiger partial charge in [0.15, 0.2) is 0 Å². The summed E-state index contributed by atoms with van der Waals surface area (Å²) >= 11 is 1.84. The van der Waals surface area contributed by atoms with E-state index in [1.807, 2.05) is 23.6 Å². The van der Waals surface area contributed by atoms with E-state index in [9.17, 15) is 0 Å². The standard InChI is InChI=1S/C39H26N2S/c1-3-8-27(9-4-1)29-13-17-31(18-14-29)41(32-19-15-30(16-20-32)28-10-5-2-6-11-28)33-21-24-38-36(26-33)34-22-23-37-35(39(34)42-38)12-7-25-40-37/h1-26H. The molecule has 8 aromatic rings. The number of hydrogen-bond donors (Lipinski definition) is 0. The molecule has 0 aliphatic carbocycles. The molecule has 6 aromatic carbocycles. The van der Waals surface area contributed by atoms with E-state index in [2.05, 4.69) is 155 Å².